The van der Waals surface area contributed by atoms with E-state index in [1.807, 2.05) is 4.90 Å². The van der Waals surface area contributed by atoms with Crippen LogP contribution in [0.3, 0.4) is 0 Å². The van der Waals surface area contributed by atoms with Crippen LogP contribution in [-0.2, 0) is 27.9 Å². The van der Waals surface area contributed by atoms with Crippen LogP contribution in [0.2, 0.25) is 0 Å². The van der Waals surface area contributed by atoms with Crippen molar-refractivity contribution < 1.29 is 17.6 Å². The van der Waals surface area contributed by atoms with Gasteiger partial charge in [-0.3, -0.25) is 9.10 Å². The molecule has 2 heterocycles. The minimum absolute atomic E-state index is 0.0562. The van der Waals surface area contributed by atoms with Gasteiger partial charge in [-0.15, -0.1) is 16.8 Å². The summed E-state index contributed by atoms with van der Waals surface area (Å²) >= 11 is 1.28. The van der Waals surface area contributed by atoms with Crippen LogP contribution in [0, 0.1) is 11.7 Å². The number of amides is 1. The number of benzene rings is 1. The van der Waals surface area contributed by atoms with Crippen molar-refractivity contribution in [2.75, 3.05) is 29.4 Å². The summed E-state index contributed by atoms with van der Waals surface area (Å²) in [7, 11) is -3.66. The van der Waals surface area contributed by atoms with Gasteiger partial charge < -0.3 is 9.47 Å². The second-order valence-electron chi connectivity index (χ2n) is 7.90. The molecule has 1 aromatic carbocycles. The topological polar surface area (TPSA) is 88.4 Å². The summed E-state index contributed by atoms with van der Waals surface area (Å²) < 4.78 is 41.0. The van der Waals surface area contributed by atoms with Gasteiger partial charge >= 0.3 is 0 Å². The lowest BCUT2D eigenvalue weighted by Gasteiger charge is -2.30. The highest BCUT2D eigenvalue weighted by molar-refractivity contribution is 7.99. The summed E-state index contributed by atoms with van der Waals surface area (Å²) in [4.78, 5) is 14.5. The van der Waals surface area contributed by atoms with E-state index in [-0.39, 0.29) is 18.2 Å². The van der Waals surface area contributed by atoms with E-state index in [1.54, 1.807) is 10.6 Å². The smallest absolute Gasteiger partial charge is 0.233 e. The second-order valence-corrected chi connectivity index (χ2v) is 10.7. The van der Waals surface area contributed by atoms with E-state index in [2.05, 4.69) is 23.7 Å². The van der Waals surface area contributed by atoms with Gasteiger partial charge in [0.1, 0.15) is 5.82 Å². The van der Waals surface area contributed by atoms with Crippen LogP contribution in [0.5, 0.6) is 0 Å². The Morgan fingerprint density at radius 3 is 2.53 bits per heavy atom. The van der Waals surface area contributed by atoms with E-state index in [4.69, 9.17) is 0 Å². The van der Waals surface area contributed by atoms with Gasteiger partial charge in [0.25, 0.3) is 0 Å². The zero-order chi connectivity index (χ0) is 23.3. The van der Waals surface area contributed by atoms with E-state index < -0.39 is 15.8 Å². The Balaban J connectivity index is 1.76. The maximum Gasteiger partial charge on any atom is 0.233 e. The lowest BCUT2D eigenvalue weighted by atomic mass is 9.99. The molecule has 2 aromatic rings. The number of rotatable bonds is 9. The Kier molecular flexibility index (Phi) is 7.94. The Morgan fingerprint density at radius 1 is 1.28 bits per heavy atom. The normalized spacial score (nSPS) is 15.0. The molecule has 0 atom stereocenters. The second kappa shape index (κ2) is 10.5. The molecule has 0 saturated carbocycles. The first-order valence-corrected chi connectivity index (χ1v) is 13.2. The first-order chi connectivity index (χ1) is 15.2. The molecule has 1 saturated heterocycles. The van der Waals surface area contributed by atoms with Gasteiger partial charge in [0.2, 0.25) is 15.9 Å². The fourth-order valence-electron chi connectivity index (χ4n) is 3.47. The predicted molar refractivity (Wildman–Crippen MR) is 123 cm³/mol. The summed E-state index contributed by atoms with van der Waals surface area (Å²) in [5.41, 5.74) is 0.325. The van der Waals surface area contributed by atoms with Gasteiger partial charge in [-0.1, -0.05) is 24.8 Å². The molecule has 0 radical (unpaired) electrons. The Labute approximate surface area is 192 Å². The van der Waals surface area contributed by atoms with Gasteiger partial charge in [0.05, 0.1) is 24.2 Å². The van der Waals surface area contributed by atoms with Crippen molar-refractivity contribution in [3.05, 3.63) is 48.6 Å². The molecule has 1 aliphatic rings. The average Bonchev–Trinajstić information content (AvgIpc) is 3.12. The number of anilines is 1. The van der Waals surface area contributed by atoms with Gasteiger partial charge in [0, 0.05) is 19.6 Å². The molecule has 0 spiro atoms. The largest absolute Gasteiger partial charge is 0.342 e. The maximum absolute atomic E-state index is 13.3. The van der Waals surface area contributed by atoms with E-state index in [0.29, 0.717) is 29.1 Å². The van der Waals surface area contributed by atoms with Gasteiger partial charge in [-0.2, -0.15) is 0 Å². The molecule has 0 N–H and O–H groups in total. The third kappa shape index (κ3) is 6.10. The predicted octanol–water partition coefficient (Wildman–Crippen LogP) is 2.92. The van der Waals surface area contributed by atoms with Crippen LogP contribution in [0.25, 0.3) is 0 Å². The fraction of sp³-hybridized carbons (Fsp3) is 0.476. The average molecular weight is 482 g/mol. The SMILES string of the molecule is C=CCn1c(CN(c2ccc(F)cc2)S(C)(=O)=O)nnc1SCC(=O)N1CCC(C)CC1. The first kappa shape index (κ1) is 24.2. The molecule has 3 rings (SSSR count). The van der Waals surface area contributed by atoms with Crippen molar-refractivity contribution in [1.82, 2.24) is 19.7 Å². The quantitative estimate of drug-likeness (QED) is 0.404. The summed E-state index contributed by atoms with van der Waals surface area (Å²) in [6.45, 7) is 7.77. The number of hydrogen-bond donors (Lipinski definition) is 0. The van der Waals surface area contributed by atoms with Crippen molar-refractivity contribution >= 4 is 33.4 Å². The molecule has 1 fully saturated rings. The minimum Gasteiger partial charge on any atom is -0.342 e. The highest BCUT2D eigenvalue weighted by atomic mass is 32.2. The molecule has 0 unspecified atom stereocenters. The third-order valence-corrected chi connectivity index (χ3v) is 7.46. The highest BCUT2D eigenvalue weighted by Gasteiger charge is 2.24. The number of carbonyl (C=O) groups is 1. The zero-order valence-corrected chi connectivity index (χ0v) is 19.9. The van der Waals surface area contributed by atoms with Crippen LogP contribution in [0.15, 0.2) is 42.1 Å². The van der Waals surface area contributed by atoms with E-state index in [0.717, 1.165) is 36.5 Å². The van der Waals surface area contributed by atoms with Gasteiger partial charge in [0.15, 0.2) is 11.0 Å². The van der Waals surface area contributed by atoms with E-state index in [9.17, 15) is 17.6 Å². The molecule has 8 nitrogen and oxygen atoms in total. The lowest BCUT2D eigenvalue weighted by Crippen LogP contribution is -2.38. The van der Waals surface area contributed by atoms with Crippen molar-refractivity contribution in [2.24, 2.45) is 5.92 Å². The molecule has 1 amide bonds. The number of piperidine rings is 1. The summed E-state index contributed by atoms with van der Waals surface area (Å²) in [6.07, 6.45) is 4.77. The van der Waals surface area contributed by atoms with E-state index >= 15 is 0 Å². The van der Waals surface area contributed by atoms with Crippen molar-refractivity contribution in [2.45, 2.75) is 38.0 Å². The number of aromatic nitrogens is 3. The monoisotopic (exact) mass is 481 g/mol. The number of hydrogen-bond acceptors (Lipinski definition) is 6. The number of likely N-dealkylation sites (tertiary alicyclic amines) is 1. The van der Waals surface area contributed by atoms with Crippen LogP contribution < -0.4 is 4.31 Å². The number of sulfonamides is 1. The van der Waals surface area contributed by atoms with Gasteiger partial charge in [-0.05, 0) is 43.0 Å². The number of carbonyl (C=O) groups excluding carboxylic acids is 1. The Bertz CT molecular complexity index is 1050. The van der Waals surface area contributed by atoms with Crippen molar-refractivity contribution in [1.29, 1.82) is 0 Å². The first-order valence-electron chi connectivity index (χ1n) is 10.4. The van der Waals surface area contributed by atoms with Crippen LogP contribution >= 0.6 is 11.8 Å². The van der Waals surface area contributed by atoms with Crippen molar-refractivity contribution in [3.8, 4) is 0 Å². The maximum atomic E-state index is 13.3. The molecular formula is C21H28FN5O3S2. The van der Waals surface area contributed by atoms with Crippen LogP contribution in [0.4, 0.5) is 10.1 Å². The molecule has 11 heteroatoms. The third-order valence-electron chi connectivity index (χ3n) is 5.37. The summed E-state index contributed by atoms with van der Waals surface area (Å²) in [5, 5.41) is 8.87. The van der Waals surface area contributed by atoms with E-state index in [1.165, 1.54) is 36.0 Å². The number of thioether (sulfide) groups is 1. The number of nitrogens with zero attached hydrogens (tertiary/aromatic N) is 5. The van der Waals surface area contributed by atoms with Gasteiger partial charge in [-0.25, -0.2) is 12.8 Å². The lowest BCUT2D eigenvalue weighted by molar-refractivity contribution is -0.129. The number of halogens is 1. The standard InChI is InChI=1S/C21H28FN5O3S2/c1-4-11-26-19(14-27(32(3,29)30)18-7-5-17(22)6-8-18)23-24-21(26)31-15-20(28)25-12-9-16(2)10-13-25/h4-8,16H,1,9-15H2,2-3H3. The minimum atomic E-state index is -3.66. The van der Waals surface area contributed by atoms with Crippen molar-refractivity contribution in [3.63, 3.8) is 0 Å². The molecule has 32 heavy (non-hydrogen) atoms. The molecule has 0 aliphatic carbocycles. The summed E-state index contributed by atoms with van der Waals surface area (Å²) in [6, 6.07) is 5.21. The molecule has 1 aromatic heterocycles. The molecule has 0 bridgehead atoms. The molecule has 1 aliphatic heterocycles. The Hall–Kier alpha value is -2.40. The van der Waals surface area contributed by atoms with Crippen LogP contribution in [-0.4, -0.2) is 59.1 Å². The summed E-state index contributed by atoms with van der Waals surface area (Å²) in [5.74, 6) is 0.881. The zero-order valence-electron chi connectivity index (χ0n) is 18.3. The van der Waals surface area contributed by atoms with Crippen LogP contribution in [0.1, 0.15) is 25.6 Å². The fourth-order valence-corrected chi connectivity index (χ4v) is 5.19. The highest BCUT2D eigenvalue weighted by Crippen LogP contribution is 2.24. The molecule has 174 valence electrons. The molecular weight excluding hydrogens is 453 g/mol. The number of allylic oxidation sites excluding steroid dienone is 1. The Morgan fingerprint density at radius 2 is 1.94 bits per heavy atom.